The molecule has 8 heterocycles. The number of likely N-dealkylation sites (tertiary alicyclic amines) is 4. The number of pyridine rings is 4. The number of aliphatic carboxylic acids is 4. The molecule has 4 saturated heterocycles. The number of carboxylic acids is 4. The lowest BCUT2D eigenvalue weighted by atomic mass is 9.80. The molecule has 608 valence electrons. The number of amides is 8. The van der Waals surface area contributed by atoms with E-state index < -0.39 is 125 Å². The standard InChI is InChI=1S/C23H21N3O4.C21H23N3O5.C21H23N3O4.C20H19F3N4O3/c24-19-13-14(10-11-25-19)12-18-21(23(29)30)26(22(18)28)20(27)9-8-16-6-3-5-15-4-1-2-7-17(15)16;1-12(14-3-5-15(29-2)6-4-14)9-18(25)24-19(21(27)28)16(20(24)26)10-13-7-8-23-17(22)11-13;1-13(9-14-5-3-2-4-6-14)10-18(25)24-19(21(27)28)16(20(24)26)11-15-7-8-23-17(22)12-15;1-11-14(9-12-7-8-25-15(24)10-12)16(18(28)29)27(11)19(30)26-17(20(21,22)23)13-5-3-2-4-6-13/h1-7,10-11,13,18,21H,8-9,12H2,(H2,24,25)(H,29,30);3-8,11-12,16,19H,9-10H2,1-2H3,(H2,22,23)(H,27,28);2-8,12-13,16,19H,9-11H2,1H3,(H2,22,23)(H,27,28);2-8,10,14,16-17H,1,9H2,(H2,24,25)(H,26,30)(H,28,29)/t18-,21+;12-,16+,19-;13?,16-,19+;14-,16-,17-/m1010/s1. The molecule has 11 atom stereocenters. The van der Waals surface area contributed by atoms with Crippen LogP contribution in [0.3, 0.4) is 0 Å². The minimum atomic E-state index is -4.77. The minimum absolute atomic E-state index is 0.00353. The van der Waals surface area contributed by atoms with Crippen molar-refractivity contribution in [1.29, 1.82) is 0 Å². The number of β-lactam (4-membered cyclic amide) rings is 3. The number of hydrogen-bond acceptors (Lipinski definition) is 20. The Bertz CT molecular complexity index is 5200. The molecule has 8 amide bonds. The van der Waals surface area contributed by atoms with Gasteiger partial charge in [-0.3, -0.25) is 48.4 Å². The maximum atomic E-state index is 13.5. The molecule has 117 heavy (non-hydrogen) atoms. The van der Waals surface area contributed by atoms with Crippen LogP contribution in [0.25, 0.3) is 10.8 Å². The zero-order chi connectivity index (χ0) is 84.7. The number of hydrogen-bond donors (Lipinski definition) is 9. The summed E-state index contributed by atoms with van der Waals surface area (Å²) in [5.41, 5.74) is 28.3. The van der Waals surface area contributed by atoms with Gasteiger partial charge in [0, 0.05) is 55.7 Å². The van der Waals surface area contributed by atoms with Crippen molar-refractivity contribution in [3.05, 3.63) is 257 Å². The molecule has 1 unspecified atom stereocenters. The molecule has 0 radical (unpaired) electrons. The van der Waals surface area contributed by atoms with Gasteiger partial charge in [-0.2, -0.15) is 13.2 Å². The second-order valence-corrected chi connectivity index (χ2v) is 28.7. The SMILES string of the molecule is C=C1[C@H](Cc2ccnc(N)c2)[C@@H](C(=O)O)N1C(=O)N[C@@H](c1ccccc1)C(F)(F)F.CC(CC(=O)N1C(=O)[C@H](Cc2ccnc(N)c2)[C@H]1C(=O)O)Cc1ccccc1.COc1ccc([C@@H](C)CC(=O)N2C(=O)[C@H](Cc3ccnc(N)c3)[C@H]2C(=O)O)cc1.Nc1cc(C[C@H]2C(=O)N(C(=O)CCc3cccc4ccccc34)[C@@H]2C(=O)O)ccn1. The molecule has 4 fully saturated rings. The predicted molar refractivity (Wildman–Crippen MR) is 422 cm³/mol. The highest BCUT2D eigenvalue weighted by Gasteiger charge is 2.57. The molecule has 4 aliphatic rings. The second-order valence-electron chi connectivity index (χ2n) is 28.7. The number of aromatic nitrogens is 4. The lowest BCUT2D eigenvalue weighted by molar-refractivity contribution is -0.177. The highest BCUT2D eigenvalue weighted by atomic mass is 19.4. The summed E-state index contributed by atoms with van der Waals surface area (Å²) in [5, 5.41) is 42.3. The number of alkyl halides is 3. The number of nitrogens with two attached hydrogens (primary N) is 4. The Morgan fingerprint density at radius 3 is 1.30 bits per heavy atom. The summed E-state index contributed by atoms with van der Waals surface area (Å²) < 4.78 is 45.7. The van der Waals surface area contributed by atoms with Gasteiger partial charge in [0.15, 0.2) is 6.04 Å². The molecule has 4 aliphatic heterocycles. The summed E-state index contributed by atoms with van der Waals surface area (Å²) in [6.07, 6.45) is 3.38. The maximum Gasteiger partial charge on any atom is 0.412 e. The molecule has 0 bridgehead atoms. The summed E-state index contributed by atoms with van der Waals surface area (Å²) in [4.78, 5) is 154. The average molecular weight is 1600 g/mol. The van der Waals surface area contributed by atoms with Crippen LogP contribution in [0.2, 0.25) is 0 Å². The first-order valence-electron chi connectivity index (χ1n) is 37.1. The van der Waals surface area contributed by atoms with Crippen molar-refractivity contribution < 1.29 is 91.1 Å². The molecular weight excluding hydrogens is 1520 g/mol. The van der Waals surface area contributed by atoms with E-state index >= 15 is 0 Å². The van der Waals surface area contributed by atoms with Gasteiger partial charge in [0.2, 0.25) is 35.4 Å². The maximum absolute atomic E-state index is 13.5. The lowest BCUT2D eigenvalue weighted by Gasteiger charge is -2.47. The zero-order valence-electron chi connectivity index (χ0n) is 63.7. The first-order chi connectivity index (χ1) is 55.7. The Morgan fingerprint density at radius 1 is 0.479 bits per heavy atom. The summed E-state index contributed by atoms with van der Waals surface area (Å²) in [6, 6.07) is 42.4. The predicted octanol–water partition coefficient (Wildman–Crippen LogP) is 9.31. The van der Waals surface area contributed by atoms with E-state index in [4.69, 9.17) is 27.7 Å². The molecule has 5 aromatic carbocycles. The quantitative estimate of drug-likeness (QED) is 0.0240. The van der Waals surface area contributed by atoms with E-state index in [9.17, 15) is 86.3 Å². The number of methoxy groups -OCH3 is 1. The molecule has 32 heteroatoms. The number of aryl methyl sites for hydroxylation is 1. The van der Waals surface area contributed by atoms with Crippen LogP contribution in [0.5, 0.6) is 5.75 Å². The van der Waals surface area contributed by atoms with Gasteiger partial charge in [0.25, 0.3) is 0 Å². The van der Waals surface area contributed by atoms with Gasteiger partial charge >= 0.3 is 36.1 Å². The number of nitrogen functional groups attached to an aromatic ring is 4. The first-order valence-corrected chi connectivity index (χ1v) is 37.1. The number of imide groups is 3. The molecule has 9 aromatic rings. The second kappa shape index (κ2) is 37.8. The van der Waals surface area contributed by atoms with Crippen LogP contribution in [0.15, 0.2) is 213 Å². The van der Waals surface area contributed by atoms with Crippen molar-refractivity contribution in [2.75, 3.05) is 30.0 Å². The normalized spacial score (nSPS) is 19.3. The summed E-state index contributed by atoms with van der Waals surface area (Å²) in [7, 11) is 1.57. The van der Waals surface area contributed by atoms with Crippen LogP contribution in [-0.2, 0) is 86.5 Å². The van der Waals surface area contributed by atoms with E-state index in [0.29, 0.717) is 47.2 Å². The van der Waals surface area contributed by atoms with Gasteiger partial charge in [0.1, 0.15) is 53.2 Å². The summed E-state index contributed by atoms with van der Waals surface area (Å²) in [5.74, 6) is -9.00. The molecule has 29 nitrogen and oxygen atoms in total. The van der Waals surface area contributed by atoms with Gasteiger partial charge in [0.05, 0.1) is 24.9 Å². The highest BCUT2D eigenvalue weighted by Crippen LogP contribution is 2.41. The Hall–Kier alpha value is -13.9. The van der Waals surface area contributed by atoms with Crippen LogP contribution in [0, 0.1) is 29.6 Å². The number of anilines is 4. The number of ether oxygens (including phenoxy) is 1. The van der Waals surface area contributed by atoms with E-state index in [-0.39, 0.29) is 73.9 Å². The number of fused-ring (bicyclic) bond motifs is 1. The van der Waals surface area contributed by atoms with Crippen LogP contribution in [0.4, 0.5) is 41.2 Å². The number of carbonyl (C=O) groups excluding carboxylic acids is 7. The molecule has 0 saturated carbocycles. The van der Waals surface area contributed by atoms with E-state index in [0.717, 1.165) is 58.2 Å². The third-order valence-corrected chi connectivity index (χ3v) is 20.6. The third-order valence-electron chi connectivity index (χ3n) is 20.6. The van der Waals surface area contributed by atoms with Gasteiger partial charge < -0.3 is 53.4 Å². The van der Waals surface area contributed by atoms with E-state index in [1.807, 2.05) is 104 Å². The topological polar surface area (TPSA) is 459 Å². The average Bonchev–Trinajstić information content (AvgIpc) is 0.783. The number of carbonyl (C=O) groups is 11. The van der Waals surface area contributed by atoms with Crippen molar-refractivity contribution in [2.45, 2.75) is 114 Å². The van der Waals surface area contributed by atoms with Crippen LogP contribution in [0.1, 0.15) is 89.6 Å². The first kappa shape index (κ1) is 85.5. The monoisotopic (exact) mass is 1600 g/mol. The van der Waals surface area contributed by atoms with E-state index in [1.165, 1.54) is 49.1 Å². The van der Waals surface area contributed by atoms with Gasteiger partial charge in [-0.05, 0) is 166 Å². The molecule has 0 aliphatic carbocycles. The fourth-order valence-corrected chi connectivity index (χ4v) is 14.8. The van der Waals surface area contributed by atoms with Gasteiger partial charge in [-0.1, -0.05) is 136 Å². The summed E-state index contributed by atoms with van der Waals surface area (Å²) >= 11 is 0. The van der Waals surface area contributed by atoms with E-state index in [1.54, 1.807) is 73.8 Å². The van der Waals surface area contributed by atoms with Crippen LogP contribution >= 0.6 is 0 Å². The van der Waals surface area contributed by atoms with Gasteiger partial charge in [-0.15, -0.1) is 0 Å². The largest absolute Gasteiger partial charge is 0.497 e. The molecule has 13 rings (SSSR count). The molecule has 0 spiro atoms. The van der Waals surface area contributed by atoms with Gasteiger partial charge in [-0.25, -0.2) is 43.9 Å². The number of rotatable bonds is 25. The smallest absolute Gasteiger partial charge is 0.412 e. The van der Waals surface area contributed by atoms with Crippen LogP contribution < -0.4 is 33.0 Å². The van der Waals surface area contributed by atoms with Crippen LogP contribution in [-0.4, -0.2) is 163 Å². The van der Waals surface area contributed by atoms with Crippen molar-refractivity contribution in [2.24, 2.45) is 29.6 Å². The Morgan fingerprint density at radius 2 is 0.872 bits per heavy atom. The number of carboxylic acid groups (broad SMARTS) is 4. The number of benzene rings is 5. The number of nitrogens with zero attached hydrogens (tertiary/aromatic N) is 8. The number of urea groups is 1. The van der Waals surface area contributed by atoms with Crippen molar-refractivity contribution in [3.8, 4) is 5.75 Å². The van der Waals surface area contributed by atoms with E-state index in [2.05, 4.69) is 26.5 Å². The Balaban J connectivity index is 0.000000165. The third kappa shape index (κ3) is 20.7. The number of nitrogens with one attached hydrogen (secondary N) is 1. The fourth-order valence-electron chi connectivity index (χ4n) is 14.8. The Labute approximate surface area is 669 Å². The summed E-state index contributed by atoms with van der Waals surface area (Å²) in [6.45, 7) is 7.49. The highest BCUT2D eigenvalue weighted by molar-refractivity contribution is 6.10. The molecule has 13 N–H and O–H groups in total. The molecule has 4 aromatic heterocycles. The zero-order valence-corrected chi connectivity index (χ0v) is 63.7. The lowest BCUT2D eigenvalue weighted by Crippen LogP contribution is -2.67. The van der Waals surface area contributed by atoms with Crippen molar-refractivity contribution in [1.82, 2.24) is 44.9 Å². The fraction of sp³-hybridized carbons (Fsp3) is 0.282. The Kier molecular flexibility index (Phi) is 27.6. The minimum Gasteiger partial charge on any atom is -0.497 e. The number of halogens is 3. The molecular formula is C85H86F3N13O16. The van der Waals surface area contributed by atoms with Crippen molar-refractivity contribution in [3.63, 3.8) is 0 Å². The van der Waals surface area contributed by atoms with Crippen molar-refractivity contribution >= 4 is 99.4 Å².